The topological polar surface area (TPSA) is 46.0 Å². The maximum atomic E-state index is 9.18. The summed E-state index contributed by atoms with van der Waals surface area (Å²) >= 11 is 0. The molecule has 0 saturated heterocycles. The molecule has 14 heavy (non-hydrogen) atoms. The molecule has 1 aliphatic rings. The van der Waals surface area contributed by atoms with Crippen molar-refractivity contribution in [2.45, 2.75) is 19.8 Å². The van der Waals surface area contributed by atoms with E-state index in [1.807, 2.05) is 6.08 Å². The summed E-state index contributed by atoms with van der Waals surface area (Å²) in [4.78, 5) is 7.82. The fraction of sp³-hybridized carbons (Fsp3) is 0.273. The number of rotatable bonds is 0. The first kappa shape index (κ1) is 8.94. The van der Waals surface area contributed by atoms with Crippen LogP contribution >= 0.6 is 0 Å². The summed E-state index contributed by atoms with van der Waals surface area (Å²) in [5.41, 5.74) is 3.25. The van der Waals surface area contributed by atoms with Gasteiger partial charge < -0.3 is 5.11 Å². The molecule has 0 radical (unpaired) electrons. The fourth-order valence-electron chi connectivity index (χ4n) is 1.51. The molecule has 0 fully saturated rings. The molecule has 0 amide bonds. The van der Waals surface area contributed by atoms with Crippen LogP contribution in [0.4, 0.5) is 0 Å². The van der Waals surface area contributed by atoms with Crippen LogP contribution in [0.3, 0.4) is 0 Å². The number of aromatic hydroxyl groups is 1. The number of fused-ring (bicyclic) bond motifs is 1. The van der Waals surface area contributed by atoms with Gasteiger partial charge in [-0.15, -0.1) is 0 Å². The van der Waals surface area contributed by atoms with Crippen molar-refractivity contribution in [2.75, 3.05) is 0 Å². The lowest BCUT2D eigenvalue weighted by atomic mass is 10.0. The van der Waals surface area contributed by atoms with Crippen LogP contribution in [0.2, 0.25) is 0 Å². The van der Waals surface area contributed by atoms with Gasteiger partial charge in [-0.3, -0.25) is 0 Å². The molecule has 72 valence electrons. The zero-order valence-electron chi connectivity index (χ0n) is 8.07. The average Bonchev–Trinajstić information content (AvgIpc) is 2.12. The minimum absolute atomic E-state index is 0.138. The molecule has 0 unspecified atom stereocenters. The molecule has 0 atom stereocenters. The summed E-state index contributed by atoms with van der Waals surface area (Å²) in [6.07, 6.45) is 9.50. The highest BCUT2D eigenvalue weighted by Gasteiger charge is 2.07. The van der Waals surface area contributed by atoms with Crippen molar-refractivity contribution in [1.29, 1.82) is 0 Å². The second kappa shape index (κ2) is 3.62. The molecule has 0 aliphatic heterocycles. The first-order valence-electron chi connectivity index (χ1n) is 4.62. The Morgan fingerprint density at radius 2 is 2.29 bits per heavy atom. The fourth-order valence-corrected chi connectivity index (χ4v) is 1.51. The third-order valence-corrected chi connectivity index (χ3v) is 2.24. The Bertz CT molecular complexity index is 408. The van der Waals surface area contributed by atoms with Crippen molar-refractivity contribution < 1.29 is 5.11 Å². The maximum Gasteiger partial charge on any atom is 0.314 e. The summed E-state index contributed by atoms with van der Waals surface area (Å²) in [7, 11) is 0. The van der Waals surface area contributed by atoms with Crippen molar-refractivity contribution in [3.8, 4) is 6.01 Å². The molecule has 1 aromatic rings. The van der Waals surface area contributed by atoms with Gasteiger partial charge in [0.2, 0.25) is 0 Å². The Kier molecular flexibility index (Phi) is 2.31. The predicted octanol–water partition coefficient (Wildman–Crippen LogP) is 1.78. The van der Waals surface area contributed by atoms with Gasteiger partial charge in [0.15, 0.2) is 0 Å². The number of hydrogen-bond donors (Lipinski definition) is 1. The van der Waals surface area contributed by atoms with Crippen molar-refractivity contribution in [2.24, 2.45) is 0 Å². The Morgan fingerprint density at radius 3 is 3.14 bits per heavy atom. The van der Waals surface area contributed by atoms with E-state index in [0.29, 0.717) is 0 Å². The van der Waals surface area contributed by atoms with E-state index in [9.17, 15) is 5.11 Å². The number of aromatic nitrogens is 2. The van der Waals surface area contributed by atoms with E-state index in [4.69, 9.17) is 0 Å². The largest absolute Gasteiger partial charge is 0.479 e. The monoisotopic (exact) mass is 188 g/mol. The molecule has 3 nitrogen and oxygen atoms in total. The normalized spacial score (nSPS) is 21.4. The molecule has 3 heteroatoms. The Hall–Kier alpha value is -1.64. The number of nitrogens with zero attached hydrogens (tertiary/aromatic N) is 2. The van der Waals surface area contributed by atoms with Crippen molar-refractivity contribution >= 4 is 0 Å². The van der Waals surface area contributed by atoms with Gasteiger partial charge in [0.1, 0.15) is 0 Å². The number of hydrogen-bond acceptors (Lipinski definition) is 3. The lowest BCUT2D eigenvalue weighted by Gasteiger charge is -2.08. The van der Waals surface area contributed by atoms with Crippen LogP contribution in [0.15, 0.2) is 30.0 Å². The summed E-state index contributed by atoms with van der Waals surface area (Å²) in [6, 6.07) is -0.138. The van der Waals surface area contributed by atoms with Gasteiger partial charge in [0.25, 0.3) is 0 Å². The summed E-state index contributed by atoms with van der Waals surface area (Å²) in [5, 5.41) is 9.18. The van der Waals surface area contributed by atoms with Gasteiger partial charge in [-0.25, -0.2) is 4.98 Å². The van der Waals surface area contributed by atoms with Crippen LogP contribution in [0.1, 0.15) is 18.2 Å². The molecule has 1 aromatic heterocycles. The van der Waals surface area contributed by atoms with Gasteiger partial charge in [-0.2, -0.15) is 4.98 Å². The Labute approximate surface area is 82.8 Å². The minimum atomic E-state index is -0.138. The standard InChI is InChI=1S/C11H12N2O/c1-8-4-2-3-5-9-7-12-11(14)13-10(9)6-8/h2-4,7H,5-6H2,1H3,(H,12,13,14)/b3-2-,8-4+. The van der Waals surface area contributed by atoms with Crippen molar-refractivity contribution in [3.63, 3.8) is 0 Å². The van der Waals surface area contributed by atoms with Crippen LogP contribution in [0.5, 0.6) is 6.01 Å². The smallest absolute Gasteiger partial charge is 0.314 e. The van der Waals surface area contributed by atoms with Crippen LogP contribution in [-0.4, -0.2) is 15.1 Å². The highest BCUT2D eigenvalue weighted by atomic mass is 16.3. The summed E-state index contributed by atoms with van der Waals surface area (Å²) in [6.45, 7) is 2.05. The number of allylic oxidation sites excluding steroid dienone is 4. The Morgan fingerprint density at radius 1 is 1.43 bits per heavy atom. The first-order chi connectivity index (χ1) is 6.75. The summed E-state index contributed by atoms with van der Waals surface area (Å²) < 4.78 is 0. The third-order valence-electron chi connectivity index (χ3n) is 2.24. The van der Waals surface area contributed by atoms with E-state index in [2.05, 4.69) is 29.0 Å². The van der Waals surface area contributed by atoms with Crippen molar-refractivity contribution in [1.82, 2.24) is 9.97 Å². The molecule has 1 aliphatic carbocycles. The van der Waals surface area contributed by atoms with Gasteiger partial charge in [0.05, 0.1) is 5.69 Å². The molecular formula is C11H12N2O. The van der Waals surface area contributed by atoms with Gasteiger partial charge in [-0.05, 0) is 18.9 Å². The Balaban J connectivity index is 2.45. The van der Waals surface area contributed by atoms with E-state index in [0.717, 1.165) is 24.1 Å². The summed E-state index contributed by atoms with van der Waals surface area (Å²) in [5.74, 6) is 0. The zero-order chi connectivity index (χ0) is 9.97. The minimum Gasteiger partial charge on any atom is -0.479 e. The van der Waals surface area contributed by atoms with Crippen LogP contribution in [0.25, 0.3) is 0 Å². The van der Waals surface area contributed by atoms with E-state index in [-0.39, 0.29) is 6.01 Å². The average molecular weight is 188 g/mol. The highest BCUT2D eigenvalue weighted by Crippen LogP contribution is 2.16. The van der Waals surface area contributed by atoms with Crippen LogP contribution in [-0.2, 0) is 12.8 Å². The van der Waals surface area contributed by atoms with Crippen LogP contribution in [0, 0.1) is 0 Å². The lowest BCUT2D eigenvalue weighted by molar-refractivity contribution is 0.427. The zero-order valence-corrected chi connectivity index (χ0v) is 8.07. The van der Waals surface area contributed by atoms with E-state index in [1.54, 1.807) is 6.20 Å². The first-order valence-corrected chi connectivity index (χ1v) is 4.62. The van der Waals surface area contributed by atoms with Gasteiger partial charge in [0, 0.05) is 12.6 Å². The van der Waals surface area contributed by atoms with E-state index >= 15 is 0 Å². The second-order valence-corrected chi connectivity index (χ2v) is 3.46. The maximum absolute atomic E-state index is 9.18. The van der Waals surface area contributed by atoms with Gasteiger partial charge >= 0.3 is 6.01 Å². The molecule has 1 heterocycles. The predicted molar refractivity (Wildman–Crippen MR) is 54.0 cm³/mol. The SMILES string of the molecule is C/C1=C\C=C/Cc2cnc(O)nc2C1. The molecule has 1 N–H and O–H groups in total. The molecular weight excluding hydrogens is 176 g/mol. The highest BCUT2D eigenvalue weighted by molar-refractivity contribution is 5.29. The van der Waals surface area contributed by atoms with Crippen molar-refractivity contribution in [3.05, 3.63) is 41.3 Å². The molecule has 0 aromatic carbocycles. The quantitative estimate of drug-likeness (QED) is 0.675. The van der Waals surface area contributed by atoms with Crippen LogP contribution < -0.4 is 0 Å². The second-order valence-electron chi connectivity index (χ2n) is 3.46. The van der Waals surface area contributed by atoms with E-state index in [1.165, 1.54) is 5.57 Å². The molecule has 0 bridgehead atoms. The molecule has 2 rings (SSSR count). The van der Waals surface area contributed by atoms with E-state index < -0.39 is 0 Å². The third kappa shape index (κ3) is 1.82. The molecule has 0 saturated carbocycles. The lowest BCUT2D eigenvalue weighted by Crippen LogP contribution is -2.01. The van der Waals surface area contributed by atoms with Gasteiger partial charge in [-0.1, -0.05) is 23.8 Å². The molecule has 0 spiro atoms.